The van der Waals surface area contributed by atoms with Crippen molar-refractivity contribution >= 4 is 6.09 Å². The molecule has 0 aliphatic carbocycles. The van der Waals surface area contributed by atoms with Crippen molar-refractivity contribution in [1.29, 1.82) is 0 Å². The van der Waals surface area contributed by atoms with E-state index in [9.17, 15) is 4.79 Å². The highest BCUT2D eigenvalue weighted by Gasteiger charge is 1.93. The van der Waals surface area contributed by atoms with Crippen molar-refractivity contribution < 1.29 is 11.0 Å². The van der Waals surface area contributed by atoms with Gasteiger partial charge in [0.1, 0.15) is 0 Å². The second kappa shape index (κ2) is 11.8. The van der Waals surface area contributed by atoms with Crippen LogP contribution in [0.5, 0.6) is 0 Å². The molecule has 0 aliphatic heterocycles. The highest BCUT2D eigenvalue weighted by Crippen LogP contribution is 1.74. The van der Waals surface area contributed by atoms with Gasteiger partial charge in [-0.1, -0.05) is 19.9 Å². The Labute approximate surface area is 69.9 Å². The molecule has 0 atom stereocenters. The molecule has 68 valence electrons. The van der Waals surface area contributed by atoms with E-state index < -0.39 is 6.09 Å². The fourth-order valence-electron chi connectivity index (χ4n) is 0.338. The van der Waals surface area contributed by atoms with Gasteiger partial charge in [0.25, 0.3) is 0 Å². The molecule has 0 aromatic rings. The van der Waals surface area contributed by atoms with Gasteiger partial charge in [-0.05, 0) is 6.92 Å². The second-order valence-electron chi connectivity index (χ2n) is 1.39. The zero-order valence-electron chi connectivity index (χ0n) is 7.52. The van der Waals surface area contributed by atoms with E-state index >= 15 is 0 Å². The Bertz CT molecular complexity index is 107. The van der Waals surface area contributed by atoms with Crippen LogP contribution in [0, 0.1) is 0 Å². The SMILES string of the molecule is C=CCNC(=O)OCC.CC.[HH]. The summed E-state index contributed by atoms with van der Waals surface area (Å²) < 4.78 is 4.55. The quantitative estimate of drug-likeness (QED) is 0.644. The number of nitrogens with one attached hydrogen (secondary N) is 1. The largest absolute Gasteiger partial charge is 0.450 e. The van der Waals surface area contributed by atoms with Gasteiger partial charge in [-0.15, -0.1) is 6.58 Å². The molecule has 0 radical (unpaired) electrons. The minimum Gasteiger partial charge on any atom is -0.450 e. The van der Waals surface area contributed by atoms with E-state index in [0.717, 1.165) is 0 Å². The van der Waals surface area contributed by atoms with Crippen molar-refractivity contribution in [3.05, 3.63) is 12.7 Å². The first kappa shape index (κ1) is 12.7. The van der Waals surface area contributed by atoms with Crippen LogP contribution in [0.25, 0.3) is 0 Å². The van der Waals surface area contributed by atoms with Crippen LogP contribution in [0.1, 0.15) is 22.2 Å². The maximum Gasteiger partial charge on any atom is 0.407 e. The van der Waals surface area contributed by atoms with Crippen molar-refractivity contribution in [3.63, 3.8) is 0 Å². The number of rotatable bonds is 3. The van der Waals surface area contributed by atoms with Gasteiger partial charge in [0, 0.05) is 7.97 Å². The van der Waals surface area contributed by atoms with E-state index in [4.69, 9.17) is 0 Å². The highest BCUT2D eigenvalue weighted by molar-refractivity contribution is 5.67. The third kappa shape index (κ3) is 12.3. The molecule has 3 nitrogen and oxygen atoms in total. The summed E-state index contributed by atoms with van der Waals surface area (Å²) in [6.07, 6.45) is 1.20. The van der Waals surface area contributed by atoms with Crippen LogP contribution >= 0.6 is 0 Å². The monoisotopic (exact) mass is 161 g/mol. The first-order chi connectivity index (χ1) is 5.31. The Morgan fingerprint density at radius 2 is 2.27 bits per heavy atom. The Balaban J connectivity index is -0.000000249. The van der Waals surface area contributed by atoms with Crippen LogP contribution in [-0.2, 0) is 4.74 Å². The van der Waals surface area contributed by atoms with Gasteiger partial charge in [0.15, 0.2) is 0 Å². The van der Waals surface area contributed by atoms with Gasteiger partial charge >= 0.3 is 6.09 Å². The smallest absolute Gasteiger partial charge is 0.407 e. The molecule has 0 spiro atoms. The summed E-state index contributed by atoms with van der Waals surface area (Å²) in [4.78, 5) is 10.4. The molecule has 0 unspecified atom stereocenters. The van der Waals surface area contributed by atoms with E-state index in [1.807, 2.05) is 13.8 Å². The van der Waals surface area contributed by atoms with Crippen molar-refractivity contribution in [2.24, 2.45) is 0 Å². The molecule has 1 N–H and O–H groups in total. The van der Waals surface area contributed by atoms with Crippen molar-refractivity contribution in [2.45, 2.75) is 20.8 Å². The molecule has 0 aromatic heterocycles. The van der Waals surface area contributed by atoms with E-state index in [1.54, 1.807) is 13.0 Å². The zero-order valence-corrected chi connectivity index (χ0v) is 7.52. The van der Waals surface area contributed by atoms with E-state index in [0.29, 0.717) is 13.2 Å². The summed E-state index contributed by atoms with van der Waals surface area (Å²) in [7, 11) is 0. The molecule has 0 aliphatic rings. The molecule has 3 heteroatoms. The molecule has 0 aromatic carbocycles. The molecular formula is C8H19NO2. The third-order valence-corrected chi connectivity index (χ3v) is 0.666. The Kier molecular flexibility index (Phi) is 13.5. The average Bonchev–Trinajstić information content (AvgIpc) is 2.05. The van der Waals surface area contributed by atoms with Crippen molar-refractivity contribution in [1.82, 2.24) is 5.32 Å². The summed E-state index contributed by atoms with van der Waals surface area (Å²) in [5, 5.41) is 2.45. The Hall–Kier alpha value is -0.990. The van der Waals surface area contributed by atoms with Gasteiger partial charge < -0.3 is 10.1 Å². The van der Waals surface area contributed by atoms with Crippen LogP contribution in [0.3, 0.4) is 0 Å². The number of carbonyl (C=O) groups excluding carboxylic acids is 1. The van der Waals surface area contributed by atoms with Crippen LogP contribution in [0.2, 0.25) is 0 Å². The van der Waals surface area contributed by atoms with Gasteiger partial charge in [-0.25, -0.2) is 4.79 Å². The molecule has 0 heterocycles. The van der Waals surface area contributed by atoms with Gasteiger partial charge in [0.05, 0.1) is 6.61 Å². The lowest BCUT2D eigenvalue weighted by molar-refractivity contribution is 0.153. The van der Waals surface area contributed by atoms with Crippen LogP contribution in [0.4, 0.5) is 4.79 Å². The van der Waals surface area contributed by atoms with Crippen LogP contribution in [0.15, 0.2) is 12.7 Å². The molecule has 1 amide bonds. The number of amides is 1. The lowest BCUT2D eigenvalue weighted by atomic mass is 10.6. The van der Waals surface area contributed by atoms with Crippen molar-refractivity contribution in [3.8, 4) is 0 Å². The predicted molar refractivity (Wildman–Crippen MR) is 48.7 cm³/mol. The van der Waals surface area contributed by atoms with Gasteiger partial charge in [-0.3, -0.25) is 0 Å². The van der Waals surface area contributed by atoms with Gasteiger partial charge in [0.2, 0.25) is 0 Å². The number of alkyl carbamates (subject to hydrolysis) is 1. The molecule has 0 rings (SSSR count). The lowest BCUT2D eigenvalue weighted by Gasteiger charge is -1.99. The summed E-state index contributed by atoms with van der Waals surface area (Å²) >= 11 is 0. The first-order valence-electron chi connectivity index (χ1n) is 3.82. The average molecular weight is 161 g/mol. The highest BCUT2D eigenvalue weighted by atomic mass is 16.5. The number of ether oxygens (including phenoxy) is 1. The molecule has 11 heavy (non-hydrogen) atoms. The minimum absolute atomic E-state index is 0. The molecule has 0 bridgehead atoms. The fraction of sp³-hybridized carbons (Fsp3) is 0.625. The Morgan fingerprint density at radius 3 is 2.64 bits per heavy atom. The fourth-order valence-corrected chi connectivity index (χ4v) is 0.338. The molecule has 0 fully saturated rings. The van der Waals surface area contributed by atoms with Gasteiger partial charge in [-0.2, -0.15) is 0 Å². The lowest BCUT2D eigenvalue weighted by Crippen LogP contribution is -2.23. The number of carbonyl (C=O) groups is 1. The zero-order chi connectivity index (χ0) is 9.11. The van der Waals surface area contributed by atoms with Crippen LogP contribution in [-0.4, -0.2) is 19.2 Å². The minimum atomic E-state index is -0.391. The molecule has 0 saturated carbocycles. The maximum absolute atomic E-state index is 10.4. The Morgan fingerprint density at radius 1 is 1.73 bits per heavy atom. The topological polar surface area (TPSA) is 38.3 Å². The summed E-state index contributed by atoms with van der Waals surface area (Å²) in [6.45, 7) is 10.0. The van der Waals surface area contributed by atoms with Crippen LogP contribution < -0.4 is 5.32 Å². The summed E-state index contributed by atoms with van der Waals surface area (Å²) in [5.74, 6) is 0. The van der Waals surface area contributed by atoms with Crippen molar-refractivity contribution in [2.75, 3.05) is 13.2 Å². The maximum atomic E-state index is 10.4. The third-order valence-electron chi connectivity index (χ3n) is 0.666. The van der Waals surface area contributed by atoms with E-state index in [2.05, 4.69) is 16.6 Å². The normalized spacial score (nSPS) is 7.18. The standard InChI is InChI=1S/C6H11NO2.C2H6.H2/c1-3-5-7-6(8)9-4-2;1-2;/h3H,1,4-5H2,2H3,(H,7,8);1-2H3;1H. The van der Waals surface area contributed by atoms with E-state index in [1.165, 1.54) is 0 Å². The summed E-state index contributed by atoms with van der Waals surface area (Å²) in [5.41, 5.74) is 0. The molecule has 0 saturated heterocycles. The summed E-state index contributed by atoms with van der Waals surface area (Å²) in [6, 6.07) is 0. The van der Waals surface area contributed by atoms with E-state index in [-0.39, 0.29) is 1.43 Å². The number of hydrogen-bond acceptors (Lipinski definition) is 2. The second-order valence-corrected chi connectivity index (χ2v) is 1.39. The molecular weight excluding hydrogens is 142 g/mol. The number of hydrogen-bond donors (Lipinski definition) is 1. The predicted octanol–water partition coefficient (Wildman–Crippen LogP) is 2.19. The first-order valence-corrected chi connectivity index (χ1v) is 3.82.